The van der Waals surface area contributed by atoms with Crippen LogP contribution < -0.4 is 10.1 Å². The fourth-order valence-corrected chi connectivity index (χ4v) is 4.26. The molecule has 2 atom stereocenters. The molecular weight excluding hydrogens is 360 g/mol. The summed E-state index contributed by atoms with van der Waals surface area (Å²) in [4.78, 5) is 17.0. The largest absolute Gasteiger partial charge is 0.493 e. The summed E-state index contributed by atoms with van der Waals surface area (Å²) in [7, 11) is 0. The Hall–Kier alpha value is -3.37. The number of rotatable bonds is 5. The molecule has 29 heavy (non-hydrogen) atoms. The van der Waals surface area contributed by atoms with Crippen LogP contribution >= 0.6 is 0 Å². The molecule has 0 aliphatic carbocycles. The lowest BCUT2D eigenvalue weighted by molar-refractivity contribution is -0.722. The Morgan fingerprint density at radius 3 is 2.62 bits per heavy atom. The van der Waals surface area contributed by atoms with Crippen LogP contribution in [-0.4, -0.2) is 17.4 Å². The van der Waals surface area contributed by atoms with Crippen LogP contribution in [0.5, 0.6) is 5.75 Å². The van der Waals surface area contributed by atoms with E-state index in [2.05, 4.69) is 16.4 Å². The lowest BCUT2D eigenvalue weighted by Gasteiger charge is -2.27. The number of carbonyl (C=O) groups is 1. The van der Waals surface area contributed by atoms with E-state index in [-0.39, 0.29) is 17.9 Å². The Balaban J connectivity index is 1.54. The van der Waals surface area contributed by atoms with Crippen molar-refractivity contribution in [2.45, 2.75) is 18.5 Å². The Kier molecular flexibility index (Phi) is 4.62. The number of H-pyrrole nitrogens is 1. The Labute approximate surface area is 169 Å². The molecule has 3 N–H and O–H groups in total. The van der Waals surface area contributed by atoms with Crippen molar-refractivity contribution < 1.29 is 14.8 Å². The lowest BCUT2D eigenvalue weighted by atomic mass is 9.93. The average Bonchev–Trinajstić information content (AvgIpc) is 3.22. The zero-order valence-corrected chi connectivity index (χ0v) is 16.0. The minimum atomic E-state index is -0.313. The first kappa shape index (κ1) is 17.7. The summed E-state index contributed by atoms with van der Waals surface area (Å²) in [6, 6.07) is 26.0. The Morgan fingerprint density at radius 1 is 0.966 bits per heavy atom. The van der Waals surface area contributed by atoms with Crippen LogP contribution in [-0.2, 0) is 0 Å². The molecule has 0 radical (unpaired) electrons. The minimum absolute atomic E-state index is 0.123. The summed E-state index contributed by atoms with van der Waals surface area (Å²) in [6.07, 6.45) is 2.72. The number of hydrogen-bond donors (Lipinski definition) is 2. The smallest absolute Gasteiger partial charge is 0.226 e. The molecule has 0 fully saturated rings. The fourth-order valence-electron chi connectivity index (χ4n) is 4.26. The Morgan fingerprint density at radius 2 is 1.72 bits per heavy atom. The quantitative estimate of drug-likeness (QED) is 0.508. The summed E-state index contributed by atoms with van der Waals surface area (Å²) in [5.41, 5.74) is 3.91. The number of hydrogen-bond acceptors (Lipinski definition) is 2. The number of benzene rings is 3. The van der Waals surface area contributed by atoms with Gasteiger partial charge in [-0.2, -0.15) is 0 Å². The van der Waals surface area contributed by atoms with E-state index in [0.717, 1.165) is 39.8 Å². The number of aromatic amines is 1. The van der Waals surface area contributed by atoms with Crippen LogP contribution in [0.3, 0.4) is 0 Å². The standard InChI is InChI=1S/C25H22N2O2/c28-25(20-16-26-21-12-6-4-10-18(20)21)24(17-8-2-1-3-9-17)27-22-14-15-29-23-13-7-5-11-19(22)23/h1-13,16,22,24,26-27H,14-15H2/p+1/t22-,24-/m1/s1. The van der Waals surface area contributed by atoms with Gasteiger partial charge in [0.05, 0.1) is 12.2 Å². The summed E-state index contributed by atoms with van der Waals surface area (Å²) in [5, 5.41) is 3.18. The van der Waals surface area contributed by atoms with E-state index in [1.807, 2.05) is 79.0 Å². The topological polar surface area (TPSA) is 58.7 Å². The molecule has 0 saturated heterocycles. The molecule has 0 unspecified atom stereocenters. The minimum Gasteiger partial charge on any atom is -0.493 e. The van der Waals surface area contributed by atoms with E-state index < -0.39 is 0 Å². The molecular formula is C25H23N2O2+. The van der Waals surface area contributed by atoms with Crippen molar-refractivity contribution in [2.24, 2.45) is 0 Å². The number of ketones is 1. The number of nitrogens with one attached hydrogen (secondary N) is 1. The van der Waals surface area contributed by atoms with Gasteiger partial charge < -0.3 is 15.0 Å². The number of para-hydroxylation sites is 2. The molecule has 4 aromatic rings. The van der Waals surface area contributed by atoms with Gasteiger partial charge in [-0.15, -0.1) is 0 Å². The third kappa shape index (κ3) is 3.32. The zero-order chi connectivity index (χ0) is 19.6. The first-order chi connectivity index (χ1) is 14.3. The predicted molar refractivity (Wildman–Crippen MR) is 113 cm³/mol. The maximum absolute atomic E-state index is 13.7. The highest BCUT2D eigenvalue weighted by Gasteiger charge is 2.33. The second-order valence-corrected chi connectivity index (χ2v) is 7.47. The van der Waals surface area contributed by atoms with Gasteiger partial charge in [-0.05, 0) is 18.2 Å². The molecule has 0 saturated carbocycles. The van der Waals surface area contributed by atoms with Gasteiger partial charge in [-0.3, -0.25) is 4.79 Å². The van der Waals surface area contributed by atoms with Crippen LogP contribution in [0.1, 0.15) is 40.0 Å². The van der Waals surface area contributed by atoms with E-state index in [9.17, 15) is 4.79 Å². The molecule has 0 bridgehead atoms. The molecule has 4 heteroatoms. The maximum atomic E-state index is 13.7. The van der Waals surface area contributed by atoms with Crippen molar-refractivity contribution in [1.29, 1.82) is 0 Å². The summed E-state index contributed by atoms with van der Waals surface area (Å²) < 4.78 is 5.82. The molecule has 144 valence electrons. The molecule has 2 heterocycles. The van der Waals surface area contributed by atoms with Crippen LogP contribution in [0.4, 0.5) is 0 Å². The SMILES string of the molecule is O=C(c1c[nH]c2ccccc12)[C@H]([NH2+][C@@H]1CCOc2ccccc21)c1ccccc1. The van der Waals surface area contributed by atoms with Gasteiger partial charge in [-0.25, -0.2) is 0 Å². The normalized spacial score (nSPS) is 16.8. The molecule has 3 aromatic carbocycles. The summed E-state index contributed by atoms with van der Waals surface area (Å²) >= 11 is 0. The summed E-state index contributed by atoms with van der Waals surface area (Å²) in [5.74, 6) is 1.05. The molecule has 1 aliphatic heterocycles. The van der Waals surface area contributed by atoms with E-state index in [1.165, 1.54) is 0 Å². The molecule has 1 aromatic heterocycles. The van der Waals surface area contributed by atoms with Crippen LogP contribution in [0.25, 0.3) is 10.9 Å². The van der Waals surface area contributed by atoms with Gasteiger partial charge in [0, 0.05) is 34.6 Å². The van der Waals surface area contributed by atoms with Gasteiger partial charge in [0.15, 0.2) is 6.04 Å². The van der Waals surface area contributed by atoms with Crippen molar-refractivity contribution in [3.8, 4) is 5.75 Å². The van der Waals surface area contributed by atoms with Gasteiger partial charge in [-0.1, -0.05) is 60.7 Å². The highest BCUT2D eigenvalue weighted by molar-refractivity contribution is 6.09. The highest BCUT2D eigenvalue weighted by Crippen LogP contribution is 2.31. The molecule has 4 nitrogen and oxygen atoms in total. The van der Waals surface area contributed by atoms with Crippen molar-refractivity contribution in [1.82, 2.24) is 4.98 Å². The number of nitrogens with two attached hydrogens (primary N) is 1. The average molecular weight is 383 g/mol. The van der Waals surface area contributed by atoms with Gasteiger partial charge in [0.2, 0.25) is 5.78 Å². The highest BCUT2D eigenvalue weighted by atomic mass is 16.5. The van der Waals surface area contributed by atoms with Crippen LogP contribution in [0.15, 0.2) is 85.1 Å². The second-order valence-electron chi connectivity index (χ2n) is 7.47. The Bertz CT molecular complexity index is 1150. The second kappa shape index (κ2) is 7.57. The lowest BCUT2D eigenvalue weighted by Crippen LogP contribution is -2.88. The van der Waals surface area contributed by atoms with Crippen molar-refractivity contribution >= 4 is 16.7 Å². The zero-order valence-electron chi connectivity index (χ0n) is 16.0. The monoisotopic (exact) mass is 383 g/mol. The number of Topliss-reactive ketones (excluding diaryl/α,β-unsaturated/α-hetero) is 1. The molecule has 0 spiro atoms. The number of fused-ring (bicyclic) bond motifs is 2. The maximum Gasteiger partial charge on any atom is 0.226 e. The van der Waals surface area contributed by atoms with E-state index in [1.54, 1.807) is 0 Å². The first-order valence-corrected chi connectivity index (χ1v) is 10.0. The molecule has 1 aliphatic rings. The van der Waals surface area contributed by atoms with Crippen LogP contribution in [0, 0.1) is 0 Å². The molecule has 0 amide bonds. The third-order valence-electron chi connectivity index (χ3n) is 5.73. The van der Waals surface area contributed by atoms with E-state index >= 15 is 0 Å². The third-order valence-corrected chi connectivity index (χ3v) is 5.73. The number of ether oxygens (including phenoxy) is 1. The number of quaternary nitrogens is 1. The van der Waals surface area contributed by atoms with E-state index in [4.69, 9.17) is 4.74 Å². The van der Waals surface area contributed by atoms with Gasteiger partial charge in [0.1, 0.15) is 11.8 Å². The predicted octanol–water partition coefficient (Wildman–Crippen LogP) is 4.18. The van der Waals surface area contributed by atoms with Crippen molar-refractivity contribution in [3.63, 3.8) is 0 Å². The first-order valence-electron chi connectivity index (χ1n) is 10.0. The van der Waals surface area contributed by atoms with Crippen molar-refractivity contribution in [2.75, 3.05) is 6.61 Å². The van der Waals surface area contributed by atoms with Crippen molar-refractivity contribution in [3.05, 3.63) is 102 Å². The van der Waals surface area contributed by atoms with Crippen LogP contribution in [0.2, 0.25) is 0 Å². The van der Waals surface area contributed by atoms with Gasteiger partial charge in [0.25, 0.3) is 0 Å². The van der Waals surface area contributed by atoms with Gasteiger partial charge >= 0.3 is 0 Å². The fraction of sp³-hybridized carbons (Fsp3) is 0.160. The number of aromatic nitrogens is 1. The summed E-state index contributed by atoms with van der Waals surface area (Å²) in [6.45, 7) is 0.668. The van der Waals surface area contributed by atoms with E-state index in [0.29, 0.717) is 6.61 Å². The number of carbonyl (C=O) groups excluding carboxylic acids is 1. The molecule has 5 rings (SSSR count).